The van der Waals surface area contributed by atoms with Crippen molar-refractivity contribution in [1.29, 1.82) is 0 Å². The van der Waals surface area contributed by atoms with Gasteiger partial charge in [-0.25, -0.2) is 13.2 Å². The Bertz CT molecular complexity index is 773. The lowest BCUT2D eigenvalue weighted by Crippen LogP contribution is -2.35. The van der Waals surface area contributed by atoms with Crippen LogP contribution in [0.1, 0.15) is 43.5 Å². The topological polar surface area (TPSA) is 92.8 Å². The minimum atomic E-state index is -3.69. The first-order valence-corrected chi connectivity index (χ1v) is 10.3. The van der Waals surface area contributed by atoms with Gasteiger partial charge in [0.1, 0.15) is 0 Å². The van der Waals surface area contributed by atoms with E-state index in [9.17, 15) is 18.0 Å². The fraction of sp³-hybridized carbons (Fsp3) is 0.529. The summed E-state index contributed by atoms with van der Waals surface area (Å²) in [6.45, 7) is 4.02. The summed E-state index contributed by atoms with van der Waals surface area (Å²) in [6.07, 6.45) is 2.63. The number of piperidine rings is 1. The SMILES string of the molecule is CC(C)NC(=O)COC(=O)c1cc(S(=O)(=O)N2CCCCC2)ccc1Cl. The van der Waals surface area contributed by atoms with Crippen molar-refractivity contribution >= 4 is 33.5 Å². The van der Waals surface area contributed by atoms with Crippen molar-refractivity contribution in [3.63, 3.8) is 0 Å². The van der Waals surface area contributed by atoms with Crippen LogP contribution < -0.4 is 5.32 Å². The molecule has 1 amide bonds. The number of ether oxygens (including phenoxy) is 1. The van der Waals surface area contributed by atoms with Crippen LogP contribution in [0.5, 0.6) is 0 Å². The number of amides is 1. The number of nitrogens with one attached hydrogen (secondary N) is 1. The number of halogens is 1. The normalized spacial score (nSPS) is 15.7. The smallest absolute Gasteiger partial charge is 0.340 e. The second-order valence-electron chi connectivity index (χ2n) is 6.40. The number of hydrogen-bond acceptors (Lipinski definition) is 5. The van der Waals surface area contributed by atoms with Crippen LogP contribution in [-0.4, -0.2) is 50.3 Å². The van der Waals surface area contributed by atoms with E-state index in [0.717, 1.165) is 19.3 Å². The molecule has 1 fully saturated rings. The van der Waals surface area contributed by atoms with Gasteiger partial charge in [0.25, 0.3) is 5.91 Å². The van der Waals surface area contributed by atoms with E-state index < -0.39 is 28.5 Å². The van der Waals surface area contributed by atoms with E-state index in [0.29, 0.717) is 13.1 Å². The summed E-state index contributed by atoms with van der Waals surface area (Å²) >= 11 is 6.02. The molecule has 9 heteroatoms. The molecular weight excluding hydrogens is 380 g/mol. The van der Waals surface area contributed by atoms with E-state index in [4.69, 9.17) is 16.3 Å². The number of carbonyl (C=O) groups excluding carboxylic acids is 2. The first-order chi connectivity index (χ1) is 12.2. The predicted molar refractivity (Wildman–Crippen MR) is 97.6 cm³/mol. The average Bonchev–Trinajstić information content (AvgIpc) is 2.60. The highest BCUT2D eigenvalue weighted by molar-refractivity contribution is 7.89. The third-order valence-corrected chi connectivity index (χ3v) is 6.12. The second-order valence-corrected chi connectivity index (χ2v) is 8.75. The van der Waals surface area contributed by atoms with E-state index in [1.165, 1.54) is 22.5 Å². The fourth-order valence-electron chi connectivity index (χ4n) is 2.65. The van der Waals surface area contributed by atoms with Crippen molar-refractivity contribution in [2.75, 3.05) is 19.7 Å². The molecule has 0 aromatic heterocycles. The highest BCUT2D eigenvalue weighted by Crippen LogP contribution is 2.25. The van der Waals surface area contributed by atoms with Gasteiger partial charge in [-0.15, -0.1) is 0 Å². The zero-order chi connectivity index (χ0) is 19.3. The Kier molecular flexibility index (Phi) is 7.02. The molecule has 1 aliphatic rings. The number of benzene rings is 1. The Morgan fingerprint density at radius 3 is 2.50 bits per heavy atom. The summed E-state index contributed by atoms with van der Waals surface area (Å²) < 4.78 is 31.8. The maximum atomic E-state index is 12.7. The highest BCUT2D eigenvalue weighted by Gasteiger charge is 2.27. The van der Waals surface area contributed by atoms with Crippen LogP contribution in [0, 0.1) is 0 Å². The molecule has 0 aliphatic carbocycles. The van der Waals surface area contributed by atoms with Gasteiger partial charge in [0.15, 0.2) is 6.61 Å². The summed E-state index contributed by atoms with van der Waals surface area (Å²) in [4.78, 5) is 23.8. The summed E-state index contributed by atoms with van der Waals surface area (Å²) in [5, 5.41) is 2.66. The highest BCUT2D eigenvalue weighted by atomic mass is 35.5. The van der Waals surface area contributed by atoms with Crippen LogP contribution in [0.4, 0.5) is 0 Å². The molecule has 26 heavy (non-hydrogen) atoms. The Morgan fingerprint density at radius 2 is 1.88 bits per heavy atom. The minimum Gasteiger partial charge on any atom is -0.452 e. The minimum absolute atomic E-state index is 0.0117. The van der Waals surface area contributed by atoms with Crippen molar-refractivity contribution < 1.29 is 22.7 Å². The molecule has 7 nitrogen and oxygen atoms in total. The van der Waals surface area contributed by atoms with Crippen molar-refractivity contribution in [2.24, 2.45) is 0 Å². The molecule has 0 bridgehead atoms. The van der Waals surface area contributed by atoms with E-state index in [2.05, 4.69) is 5.32 Å². The van der Waals surface area contributed by atoms with Crippen LogP contribution in [-0.2, 0) is 19.6 Å². The second kappa shape index (κ2) is 8.83. The van der Waals surface area contributed by atoms with E-state index in [-0.39, 0.29) is 21.5 Å². The van der Waals surface area contributed by atoms with Crippen LogP contribution in [0.2, 0.25) is 5.02 Å². The molecule has 1 aliphatic heterocycles. The first kappa shape index (κ1) is 20.7. The van der Waals surface area contributed by atoms with Crippen LogP contribution in [0.25, 0.3) is 0 Å². The number of carbonyl (C=O) groups is 2. The number of sulfonamides is 1. The molecule has 1 aromatic carbocycles. The summed E-state index contributed by atoms with van der Waals surface area (Å²) in [7, 11) is -3.69. The predicted octanol–water partition coefficient (Wildman–Crippen LogP) is 2.20. The largest absolute Gasteiger partial charge is 0.452 e. The fourth-order valence-corrected chi connectivity index (χ4v) is 4.39. The molecule has 0 atom stereocenters. The van der Waals surface area contributed by atoms with Crippen LogP contribution >= 0.6 is 11.6 Å². The van der Waals surface area contributed by atoms with Gasteiger partial charge in [-0.3, -0.25) is 4.79 Å². The lowest BCUT2D eigenvalue weighted by Gasteiger charge is -2.26. The number of hydrogen-bond donors (Lipinski definition) is 1. The standard InChI is InChI=1S/C17H23ClN2O5S/c1-12(2)19-16(21)11-25-17(22)14-10-13(6-7-15(14)18)26(23,24)20-8-4-3-5-9-20/h6-7,10,12H,3-5,8-9,11H2,1-2H3,(H,19,21). The maximum Gasteiger partial charge on any atom is 0.340 e. The third-order valence-electron chi connectivity index (χ3n) is 3.89. The van der Waals surface area contributed by atoms with Gasteiger partial charge < -0.3 is 10.1 Å². The summed E-state index contributed by atoms with van der Waals surface area (Å²) in [6, 6.07) is 3.84. The third kappa shape index (κ3) is 5.18. The van der Waals surface area contributed by atoms with Gasteiger partial charge >= 0.3 is 5.97 Å². The molecule has 144 valence electrons. The Hall–Kier alpha value is -1.64. The van der Waals surface area contributed by atoms with E-state index in [1.807, 2.05) is 0 Å². The molecule has 0 saturated carbocycles. The first-order valence-electron chi connectivity index (χ1n) is 8.48. The lowest BCUT2D eigenvalue weighted by molar-refractivity contribution is -0.124. The molecule has 2 rings (SSSR count). The lowest BCUT2D eigenvalue weighted by atomic mass is 10.2. The van der Waals surface area contributed by atoms with Gasteiger partial charge in [-0.2, -0.15) is 4.31 Å². The van der Waals surface area contributed by atoms with Crippen molar-refractivity contribution in [2.45, 2.75) is 44.0 Å². The molecule has 0 unspecified atom stereocenters. The average molecular weight is 403 g/mol. The Labute approximate surface area is 158 Å². The van der Waals surface area contributed by atoms with Crippen LogP contribution in [0.15, 0.2) is 23.1 Å². The van der Waals surface area contributed by atoms with Gasteiger partial charge in [-0.05, 0) is 44.9 Å². The zero-order valence-electron chi connectivity index (χ0n) is 14.8. The van der Waals surface area contributed by atoms with Gasteiger partial charge in [-0.1, -0.05) is 18.0 Å². The molecule has 1 N–H and O–H groups in total. The monoisotopic (exact) mass is 402 g/mol. The summed E-state index contributed by atoms with van der Waals surface area (Å²) in [5.74, 6) is -1.29. The molecule has 1 aromatic rings. The van der Waals surface area contributed by atoms with Gasteiger partial charge in [0, 0.05) is 19.1 Å². The number of nitrogens with zero attached hydrogens (tertiary/aromatic N) is 1. The molecule has 1 heterocycles. The Morgan fingerprint density at radius 1 is 1.23 bits per heavy atom. The molecule has 0 spiro atoms. The van der Waals surface area contributed by atoms with Gasteiger partial charge in [0.2, 0.25) is 10.0 Å². The van der Waals surface area contributed by atoms with E-state index in [1.54, 1.807) is 13.8 Å². The zero-order valence-corrected chi connectivity index (χ0v) is 16.4. The maximum absolute atomic E-state index is 12.7. The summed E-state index contributed by atoms with van der Waals surface area (Å²) in [5.41, 5.74) is -0.0814. The van der Waals surface area contributed by atoms with Crippen LogP contribution in [0.3, 0.4) is 0 Å². The molecule has 1 saturated heterocycles. The van der Waals surface area contributed by atoms with Gasteiger partial charge in [0.05, 0.1) is 15.5 Å². The van der Waals surface area contributed by atoms with E-state index >= 15 is 0 Å². The van der Waals surface area contributed by atoms with Crippen molar-refractivity contribution in [3.8, 4) is 0 Å². The molecule has 0 radical (unpaired) electrons. The molecular formula is C17H23ClN2O5S. The number of esters is 1. The van der Waals surface area contributed by atoms with Crippen molar-refractivity contribution in [3.05, 3.63) is 28.8 Å². The Balaban J connectivity index is 2.16. The number of rotatable bonds is 6. The quantitative estimate of drug-likeness (QED) is 0.736. The van der Waals surface area contributed by atoms with Crippen molar-refractivity contribution in [1.82, 2.24) is 9.62 Å².